The number of piperidine rings is 1. The van der Waals surface area contributed by atoms with E-state index < -0.39 is 12.0 Å². The quantitative estimate of drug-likeness (QED) is 0.274. The Morgan fingerprint density at radius 2 is 1.76 bits per heavy atom. The van der Waals surface area contributed by atoms with Gasteiger partial charge in [0.2, 0.25) is 0 Å². The summed E-state index contributed by atoms with van der Waals surface area (Å²) in [5, 5.41) is 15.2. The molecule has 1 aromatic heterocycles. The van der Waals surface area contributed by atoms with Crippen LogP contribution in [0.15, 0.2) is 48.5 Å². The van der Waals surface area contributed by atoms with E-state index in [9.17, 15) is 9.90 Å². The van der Waals surface area contributed by atoms with Gasteiger partial charge >= 0.3 is 5.97 Å². The number of aryl methyl sites for hydroxylation is 2. The Balaban J connectivity index is 1.27. The summed E-state index contributed by atoms with van der Waals surface area (Å²) in [4.78, 5) is 17.3. The molecule has 0 aliphatic carbocycles. The third-order valence-corrected chi connectivity index (χ3v) is 9.85. The number of hydrogen-bond donors (Lipinski definition) is 1. The molecule has 0 amide bonds. The van der Waals surface area contributed by atoms with Gasteiger partial charge in [0.1, 0.15) is 6.04 Å². The molecule has 2 aromatic carbocycles. The van der Waals surface area contributed by atoms with Crippen LogP contribution in [0, 0.1) is 18.3 Å². The van der Waals surface area contributed by atoms with E-state index in [2.05, 4.69) is 64.7 Å². The van der Waals surface area contributed by atoms with Gasteiger partial charge < -0.3 is 19.5 Å². The average Bonchev–Trinajstić information content (AvgIpc) is 3.60. The molecule has 0 bridgehead atoms. The van der Waals surface area contributed by atoms with Crippen molar-refractivity contribution in [2.24, 2.45) is 11.3 Å². The molecular weight excluding hydrogens is 564 g/mol. The monoisotopic (exact) mass is 616 g/mol. The Bertz CT molecular complexity index is 1450. The van der Waals surface area contributed by atoms with Gasteiger partial charge in [0, 0.05) is 50.1 Å². The van der Waals surface area contributed by atoms with Crippen LogP contribution < -0.4 is 9.47 Å². The standard InChI is InChI=1S/C37H52N4O4/c1-8-41-32(21-30(38-41)19-26-12-13-33(44-6)34(20-26)45-7)27-14-16-39(17-15-27)22-29-23-40(35(36(42)43)37(3,4)5)24-31(29)28-11-9-10-25(2)18-28/h9-13,18,20-21,27,29,31,35H,8,14-17,19,22-24H2,1-7H3,(H,42,43)/t29-,31+,35-/m0/s1. The first-order valence-corrected chi connectivity index (χ1v) is 16.5. The second-order valence-corrected chi connectivity index (χ2v) is 14.2. The molecule has 8 nitrogen and oxygen atoms in total. The highest BCUT2D eigenvalue weighted by molar-refractivity contribution is 5.74. The number of nitrogens with zero attached hydrogens (tertiary/aromatic N) is 4. The molecule has 3 aromatic rings. The van der Waals surface area contributed by atoms with E-state index in [-0.39, 0.29) is 5.41 Å². The number of hydrogen-bond acceptors (Lipinski definition) is 6. The molecule has 3 heterocycles. The van der Waals surface area contributed by atoms with E-state index in [0.29, 0.717) is 17.8 Å². The Kier molecular flexibility index (Phi) is 10.2. The Morgan fingerprint density at radius 3 is 2.38 bits per heavy atom. The number of carboxylic acids is 1. The highest BCUT2D eigenvalue weighted by Crippen LogP contribution is 2.39. The summed E-state index contributed by atoms with van der Waals surface area (Å²) in [6, 6.07) is 16.7. The predicted molar refractivity (Wildman–Crippen MR) is 179 cm³/mol. The number of aromatic nitrogens is 2. The van der Waals surface area contributed by atoms with Crippen molar-refractivity contribution in [2.75, 3.05) is 46.9 Å². The van der Waals surface area contributed by atoms with Gasteiger partial charge in [0.05, 0.1) is 19.9 Å². The van der Waals surface area contributed by atoms with Crippen LogP contribution in [0.1, 0.15) is 80.5 Å². The largest absolute Gasteiger partial charge is 0.493 e. The molecule has 0 spiro atoms. The van der Waals surface area contributed by atoms with E-state index >= 15 is 0 Å². The summed E-state index contributed by atoms with van der Waals surface area (Å²) in [5.74, 6) is 1.96. The molecular formula is C37H52N4O4. The number of likely N-dealkylation sites (tertiary alicyclic amines) is 2. The molecule has 5 rings (SSSR count). The molecule has 2 aliphatic rings. The van der Waals surface area contributed by atoms with Crippen LogP contribution in [-0.2, 0) is 17.8 Å². The van der Waals surface area contributed by atoms with Crippen molar-refractivity contribution in [3.63, 3.8) is 0 Å². The molecule has 2 fully saturated rings. The zero-order valence-corrected chi connectivity index (χ0v) is 28.3. The number of aliphatic carboxylic acids is 1. The first kappa shape index (κ1) is 33.0. The highest BCUT2D eigenvalue weighted by Gasteiger charge is 2.44. The maximum absolute atomic E-state index is 12.4. The van der Waals surface area contributed by atoms with Crippen molar-refractivity contribution >= 4 is 5.97 Å². The predicted octanol–water partition coefficient (Wildman–Crippen LogP) is 6.21. The minimum atomic E-state index is -0.718. The Hall–Kier alpha value is -3.36. The SMILES string of the molecule is CCn1nc(Cc2ccc(OC)c(OC)c2)cc1C1CCN(C[C@H]2CN([C@@H](C(=O)O)C(C)(C)C)C[C@@H]2c2cccc(C)c2)CC1. The van der Waals surface area contributed by atoms with Crippen molar-refractivity contribution in [3.05, 3.63) is 76.6 Å². The lowest BCUT2D eigenvalue weighted by atomic mass is 9.85. The molecule has 3 atom stereocenters. The molecule has 2 aliphatic heterocycles. The van der Waals surface area contributed by atoms with Crippen LogP contribution in [0.2, 0.25) is 0 Å². The van der Waals surface area contributed by atoms with Crippen molar-refractivity contribution in [1.29, 1.82) is 0 Å². The summed E-state index contributed by atoms with van der Waals surface area (Å²) < 4.78 is 13.1. The van der Waals surface area contributed by atoms with Gasteiger partial charge in [-0.3, -0.25) is 14.4 Å². The van der Waals surface area contributed by atoms with Crippen molar-refractivity contribution < 1.29 is 19.4 Å². The minimum absolute atomic E-state index is 0.326. The van der Waals surface area contributed by atoms with E-state index in [4.69, 9.17) is 14.6 Å². The molecule has 1 N–H and O–H groups in total. The lowest BCUT2D eigenvalue weighted by molar-refractivity contribution is -0.147. The summed E-state index contributed by atoms with van der Waals surface area (Å²) in [6.45, 7) is 16.0. The first-order chi connectivity index (χ1) is 21.5. The molecule has 2 saturated heterocycles. The summed E-state index contributed by atoms with van der Waals surface area (Å²) in [5.41, 5.74) is 5.84. The molecule has 8 heteroatoms. The molecule has 0 radical (unpaired) electrons. The second kappa shape index (κ2) is 14.0. The lowest BCUT2D eigenvalue weighted by Gasteiger charge is -2.36. The zero-order chi connectivity index (χ0) is 32.3. The number of rotatable bonds is 11. The maximum atomic E-state index is 12.4. The Morgan fingerprint density at radius 1 is 1.02 bits per heavy atom. The third-order valence-electron chi connectivity index (χ3n) is 9.85. The van der Waals surface area contributed by atoms with Crippen molar-refractivity contribution in [1.82, 2.24) is 19.6 Å². The smallest absolute Gasteiger partial charge is 0.321 e. The van der Waals surface area contributed by atoms with Crippen LogP contribution in [-0.4, -0.2) is 83.6 Å². The third kappa shape index (κ3) is 7.55. The normalized spacial score (nSPS) is 20.8. The van der Waals surface area contributed by atoms with Crippen LogP contribution in [0.4, 0.5) is 0 Å². The van der Waals surface area contributed by atoms with Gasteiger partial charge in [-0.1, -0.05) is 56.7 Å². The summed E-state index contributed by atoms with van der Waals surface area (Å²) in [7, 11) is 3.33. The fourth-order valence-corrected chi connectivity index (χ4v) is 7.75. The number of methoxy groups -OCH3 is 2. The van der Waals surface area contributed by atoms with Gasteiger partial charge in [0.25, 0.3) is 0 Å². The number of carbonyl (C=O) groups is 1. The van der Waals surface area contributed by atoms with Gasteiger partial charge in [-0.2, -0.15) is 5.10 Å². The van der Waals surface area contributed by atoms with E-state index in [0.717, 1.165) is 81.3 Å². The van der Waals surface area contributed by atoms with Crippen molar-refractivity contribution in [2.45, 2.75) is 78.3 Å². The number of benzene rings is 2. The molecule has 0 saturated carbocycles. The van der Waals surface area contributed by atoms with Crippen LogP contribution in [0.5, 0.6) is 11.5 Å². The van der Waals surface area contributed by atoms with E-state index in [1.54, 1.807) is 14.2 Å². The lowest BCUT2D eigenvalue weighted by Crippen LogP contribution is -2.48. The first-order valence-electron chi connectivity index (χ1n) is 16.5. The summed E-state index contributed by atoms with van der Waals surface area (Å²) in [6.07, 6.45) is 2.96. The average molecular weight is 617 g/mol. The van der Waals surface area contributed by atoms with Gasteiger partial charge in [0.15, 0.2) is 11.5 Å². The number of ether oxygens (including phenoxy) is 2. The van der Waals surface area contributed by atoms with Crippen LogP contribution in [0.25, 0.3) is 0 Å². The fraction of sp³-hybridized carbons (Fsp3) is 0.568. The van der Waals surface area contributed by atoms with E-state index in [1.807, 2.05) is 32.9 Å². The Labute approximate surface area is 269 Å². The maximum Gasteiger partial charge on any atom is 0.321 e. The van der Waals surface area contributed by atoms with Gasteiger partial charge in [-0.25, -0.2) is 0 Å². The topological polar surface area (TPSA) is 80.1 Å². The van der Waals surface area contributed by atoms with Crippen molar-refractivity contribution in [3.8, 4) is 11.5 Å². The second-order valence-electron chi connectivity index (χ2n) is 14.2. The molecule has 0 unspecified atom stereocenters. The van der Waals surface area contributed by atoms with Gasteiger partial charge in [-0.05, 0) is 80.4 Å². The minimum Gasteiger partial charge on any atom is -0.493 e. The molecule has 45 heavy (non-hydrogen) atoms. The number of carboxylic acid groups (broad SMARTS) is 1. The van der Waals surface area contributed by atoms with E-state index in [1.165, 1.54) is 16.8 Å². The summed E-state index contributed by atoms with van der Waals surface area (Å²) >= 11 is 0. The van der Waals surface area contributed by atoms with Gasteiger partial charge in [-0.15, -0.1) is 0 Å². The van der Waals surface area contributed by atoms with Crippen LogP contribution >= 0.6 is 0 Å². The molecule has 244 valence electrons. The highest BCUT2D eigenvalue weighted by atomic mass is 16.5. The fourth-order valence-electron chi connectivity index (χ4n) is 7.75. The van der Waals surface area contributed by atoms with Crippen LogP contribution in [0.3, 0.4) is 0 Å². The zero-order valence-electron chi connectivity index (χ0n) is 28.3.